The van der Waals surface area contributed by atoms with E-state index in [0.717, 1.165) is 11.3 Å². The number of aromatic nitrogens is 4. The number of anilines is 2. The summed E-state index contributed by atoms with van der Waals surface area (Å²) in [5.41, 5.74) is 1.40. The topological polar surface area (TPSA) is 95.8 Å². The summed E-state index contributed by atoms with van der Waals surface area (Å²) >= 11 is 0. The van der Waals surface area contributed by atoms with Crippen molar-refractivity contribution in [1.82, 2.24) is 20.0 Å². The molecule has 7 heteroatoms. The quantitative estimate of drug-likeness (QED) is 0.508. The lowest BCUT2D eigenvalue weighted by Gasteiger charge is -2.15. The van der Waals surface area contributed by atoms with Crippen LogP contribution in [0.1, 0.15) is 17.4 Å². The Bertz CT molecular complexity index is 1130. The average molecular weight is 361 g/mol. The van der Waals surface area contributed by atoms with E-state index in [1.165, 1.54) is 4.68 Å². The van der Waals surface area contributed by atoms with Gasteiger partial charge in [-0.3, -0.25) is 9.89 Å². The first-order valence-electron chi connectivity index (χ1n) is 8.64. The van der Waals surface area contributed by atoms with Crippen molar-refractivity contribution in [2.75, 3.05) is 5.32 Å². The molecule has 0 bridgehead atoms. The van der Waals surface area contributed by atoms with E-state index >= 15 is 0 Å². The van der Waals surface area contributed by atoms with Crippen molar-refractivity contribution in [3.63, 3.8) is 0 Å². The number of aliphatic hydroxyl groups excluding tert-OH is 1. The molecule has 0 aliphatic carbocycles. The first kappa shape index (κ1) is 17.0. The molecule has 0 aliphatic rings. The van der Waals surface area contributed by atoms with Gasteiger partial charge >= 0.3 is 0 Å². The first-order chi connectivity index (χ1) is 13.1. The number of rotatable bonds is 5. The van der Waals surface area contributed by atoms with Crippen LogP contribution in [0.25, 0.3) is 10.8 Å². The number of nitrogens with one attached hydrogen (secondary N) is 2. The summed E-state index contributed by atoms with van der Waals surface area (Å²) in [4.78, 5) is 12.8. The number of benzene rings is 2. The average Bonchev–Trinajstić information content (AvgIpc) is 3.11. The maximum absolute atomic E-state index is 12.8. The molecular weight excluding hydrogens is 342 g/mol. The second-order valence-corrected chi connectivity index (χ2v) is 6.37. The fourth-order valence-electron chi connectivity index (χ4n) is 3.00. The van der Waals surface area contributed by atoms with E-state index < -0.39 is 6.10 Å². The smallest absolute Gasteiger partial charge is 0.274 e. The first-order valence-corrected chi connectivity index (χ1v) is 8.64. The second kappa shape index (κ2) is 7.05. The molecule has 0 radical (unpaired) electrons. The SMILES string of the molecule is Cc1cc(Nc2nn(CC(O)c3ccccc3)c(=O)c3ccccc23)n[nH]1. The molecule has 0 amide bonds. The molecule has 1 unspecified atom stereocenters. The molecular formula is C20H19N5O2. The summed E-state index contributed by atoms with van der Waals surface area (Å²) in [6, 6.07) is 18.3. The minimum Gasteiger partial charge on any atom is -0.386 e. The Morgan fingerprint density at radius 1 is 1.11 bits per heavy atom. The zero-order valence-electron chi connectivity index (χ0n) is 14.8. The van der Waals surface area contributed by atoms with Crippen molar-refractivity contribution in [3.05, 3.63) is 82.3 Å². The molecule has 3 N–H and O–H groups in total. The molecule has 2 aromatic carbocycles. The zero-order valence-corrected chi connectivity index (χ0v) is 14.8. The van der Waals surface area contributed by atoms with Crippen LogP contribution in [0.2, 0.25) is 0 Å². The fourth-order valence-corrected chi connectivity index (χ4v) is 3.00. The molecule has 0 spiro atoms. The Morgan fingerprint density at radius 2 is 1.81 bits per heavy atom. The van der Waals surface area contributed by atoms with E-state index in [1.54, 1.807) is 6.07 Å². The highest BCUT2D eigenvalue weighted by molar-refractivity contribution is 5.92. The molecule has 0 saturated heterocycles. The van der Waals surface area contributed by atoms with Crippen LogP contribution in [0, 0.1) is 6.92 Å². The molecule has 27 heavy (non-hydrogen) atoms. The van der Waals surface area contributed by atoms with E-state index in [1.807, 2.05) is 61.5 Å². The van der Waals surface area contributed by atoms with Crippen molar-refractivity contribution in [3.8, 4) is 0 Å². The summed E-state index contributed by atoms with van der Waals surface area (Å²) in [5, 5.41) is 26.4. The highest BCUT2D eigenvalue weighted by Crippen LogP contribution is 2.22. The van der Waals surface area contributed by atoms with E-state index in [9.17, 15) is 9.90 Å². The van der Waals surface area contributed by atoms with Gasteiger partial charge in [-0.05, 0) is 18.6 Å². The second-order valence-electron chi connectivity index (χ2n) is 6.37. The highest BCUT2D eigenvalue weighted by Gasteiger charge is 2.15. The fraction of sp³-hybridized carbons (Fsp3) is 0.150. The van der Waals surface area contributed by atoms with Crippen molar-refractivity contribution in [2.45, 2.75) is 19.6 Å². The van der Waals surface area contributed by atoms with Gasteiger partial charge in [0.1, 0.15) is 0 Å². The number of aliphatic hydroxyl groups is 1. The maximum Gasteiger partial charge on any atom is 0.274 e. The zero-order chi connectivity index (χ0) is 18.8. The monoisotopic (exact) mass is 361 g/mol. The van der Waals surface area contributed by atoms with Gasteiger partial charge in [0.15, 0.2) is 11.6 Å². The van der Waals surface area contributed by atoms with Crippen LogP contribution < -0.4 is 10.9 Å². The maximum atomic E-state index is 12.8. The number of aryl methyl sites for hydroxylation is 1. The lowest BCUT2D eigenvalue weighted by Crippen LogP contribution is -2.27. The van der Waals surface area contributed by atoms with Crippen LogP contribution in [-0.2, 0) is 6.54 Å². The van der Waals surface area contributed by atoms with Gasteiger partial charge in [-0.2, -0.15) is 10.2 Å². The van der Waals surface area contributed by atoms with Gasteiger partial charge in [0.25, 0.3) is 5.56 Å². The van der Waals surface area contributed by atoms with Crippen molar-refractivity contribution in [1.29, 1.82) is 0 Å². The third-order valence-corrected chi connectivity index (χ3v) is 4.35. The number of aromatic amines is 1. The predicted molar refractivity (Wildman–Crippen MR) is 104 cm³/mol. The lowest BCUT2D eigenvalue weighted by atomic mass is 10.1. The Balaban J connectivity index is 1.76. The molecule has 4 aromatic rings. The van der Waals surface area contributed by atoms with Crippen LogP contribution in [0.4, 0.5) is 11.6 Å². The normalized spacial score (nSPS) is 12.2. The minimum absolute atomic E-state index is 0.0575. The molecule has 1 atom stereocenters. The van der Waals surface area contributed by atoms with Crippen molar-refractivity contribution < 1.29 is 5.11 Å². The van der Waals surface area contributed by atoms with Crippen LogP contribution >= 0.6 is 0 Å². The Labute approximate surface area is 155 Å². The van der Waals surface area contributed by atoms with Crippen molar-refractivity contribution in [2.24, 2.45) is 0 Å². The van der Waals surface area contributed by atoms with Gasteiger partial charge < -0.3 is 10.4 Å². The van der Waals surface area contributed by atoms with Gasteiger partial charge in [0, 0.05) is 17.1 Å². The number of hydrogen-bond donors (Lipinski definition) is 3. The van der Waals surface area contributed by atoms with E-state index in [2.05, 4.69) is 20.6 Å². The number of nitrogens with zero attached hydrogens (tertiary/aromatic N) is 3. The third-order valence-electron chi connectivity index (χ3n) is 4.35. The molecule has 0 fully saturated rings. The van der Waals surface area contributed by atoms with Crippen LogP contribution in [0.3, 0.4) is 0 Å². The van der Waals surface area contributed by atoms with E-state index in [4.69, 9.17) is 0 Å². The van der Waals surface area contributed by atoms with Gasteiger partial charge in [-0.1, -0.05) is 48.5 Å². The van der Waals surface area contributed by atoms with Gasteiger partial charge in [-0.25, -0.2) is 4.68 Å². The molecule has 136 valence electrons. The standard InChI is InChI=1S/C20H19N5O2/c1-13-11-18(23-22-13)21-19-15-9-5-6-10-16(15)20(27)25(24-19)12-17(26)14-7-3-2-4-8-14/h2-11,17,26H,12H2,1H3,(H2,21,22,23,24). The highest BCUT2D eigenvalue weighted by atomic mass is 16.3. The van der Waals surface area contributed by atoms with Gasteiger partial charge in [-0.15, -0.1) is 0 Å². The third kappa shape index (κ3) is 3.45. The summed E-state index contributed by atoms with van der Waals surface area (Å²) in [6.07, 6.45) is -0.835. The van der Waals surface area contributed by atoms with Crippen LogP contribution in [0.5, 0.6) is 0 Å². The number of H-pyrrole nitrogens is 1. The Morgan fingerprint density at radius 3 is 2.52 bits per heavy atom. The Kier molecular flexibility index (Phi) is 4.43. The minimum atomic E-state index is -0.835. The molecule has 0 saturated carbocycles. The van der Waals surface area contributed by atoms with Crippen molar-refractivity contribution >= 4 is 22.4 Å². The van der Waals surface area contributed by atoms with E-state index in [0.29, 0.717) is 22.4 Å². The Hall–Kier alpha value is -3.45. The molecule has 2 aromatic heterocycles. The van der Waals surface area contributed by atoms with Crippen LogP contribution in [-0.4, -0.2) is 25.1 Å². The molecule has 7 nitrogen and oxygen atoms in total. The van der Waals surface area contributed by atoms with Gasteiger partial charge in [0.05, 0.1) is 18.0 Å². The van der Waals surface area contributed by atoms with E-state index in [-0.39, 0.29) is 12.1 Å². The summed E-state index contributed by atoms with van der Waals surface area (Å²) < 4.78 is 1.29. The molecule has 4 rings (SSSR count). The summed E-state index contributed by atoms with van der Waals surface area (Å²) in [5.74, 6) is 1.12. The molecule has 2 heterocycles. The predicted octanol–water partition coefficient (Wildman–Crippen LogP) is 2.91. The largest absolute Gasteiger partial charge is 0.386 e. The number of fused-ring (bicyclic) bond motifs is 1. The van der Waals surface area contributed by atoms with Gasteiger partial charge in [0.2, 0.25) is 0 Å². The summed E-state index contributed by atoms with van der Waals surface area (Å²) in [6.45, 7) is 1.96. The summed E-state index contributed by atoms with van der Waals surface area (Å²) in [7, 11) is 0. The molecule has 0 aliphatic heterocycles. The lowest BCUT2D eigenvalue weighted by molar-refractivity contribution is 0.150. The number of hydrogen-bond acceptors (Lipinski definition) is 5. The van der Waals surface area contributed by atoms with Crippen LogP contribution in [0.15, 0.2) is 65.5 Å².